The minimum atomic E-state index is -0.0451. The molecule has 1 heterocycles. The van der Waals surface area contributed by atoms with Gasteiger partial charge in [-0.2, -0.15) is 11.3 Å². The van der Waals surface area contributed by atoms with Crippen LogP contribution in [0, 0.1) is 0 Å². The zero-order valence-corrected chi connectivity index (χ0v) is 10.5. The summed E-state index contributed by atoms with van der Waals surface area (Å²) in [6, 6.07) is 2.03. The summed E-state index contributed by atoms with van der Waals surface area (Å²) >= 11 is 5.92. The van der Waals surface area contributed by atoms with Gasteiger partial charge in [0.15, 0.2) is 0 Å². The Kier molecular flexibility index (Phi) is 7.12. The van der Waals surface area contributed by atoms with E-state index in [1.807, 2.05) is 23.8 Å². The quantitative estimate of drug-likeness (QED) is 0.403. The second-order valence-corrected chi connectivity index (χ2v) is 3.11. The predicted molar refractivity (Wildman–Crippen MR) is 48.8 cm³/mol. The van der Waals surface area contributed by atoms with E-state index in [0.29, 0.717) is 6.61 Å². The molecule has 1 unspecified atom stereocenters. The monoisotopic (exact) mass is 198 g/mol. The number of thiophene rings is 1. The summed E-state index contributed by atoms with van der Waals surface area (Å²) in [5, 5.41) is 4.07. The zero-order valence-electron chi connectivity index (χ0n) is 7.78. The summed E-state index contributed by atoms with van der Waals surface area (Å²) in [5.41, 5.74) is 1.10. The SMILES string of the molecule is CCOC(S)c1ccsc1.[H-].[Na+]. The van der Waals surface area contributed by atoms with Gasteiger partial charge >= 0.3 is 29.6 Å². The second kappa shape index (κ2) is 6.52. The van der Waals surface area contributed by atoms with E-state index in [4.69, 9.17) is 4.74 Å². The van der Waals surface area contributed by atoms with Crippen molar-refractivity contribution in [2.24, 2.45) is 0 Å². The van der Waals surface area contributed by atoms with E-state index >= 15 is 0 Å². The van der Waals surface area contributed by atoms with Gasteiger partial charge in [0.05, 0.1) is 0 Å². The van der Waals surface area contributed by atoms with Crippen LogP contribution >= 0.6 is 24.0 Å². The van der Waals surface area contributed by atoms with Crippen molar-refractivity contribution in [3.8, 4) is 0 Å². The van der Waals surface area contributed by atoms with Gasteiger partial charge in [-0.1, -0.05) is 0 Å². The Hall–Kier alpha value is 1.01. The molecule has 1 nitrogen and oxygen atoms in total. The molecule has 0 aliphatic carbocycles. The maximum absolute atomic E-state index is 5.26. The van der Waals surface area contributed by atoms with Gasteiger partial charge in [-0.15, -0.1) is 12.6 Å². The Morgan fingerprint density at radius 2 is 2.55 bits per heavy atom. The van der Waals surface area contributed by atoms with Gasteiger partial charge in [-0.05, 0) is 23.8 Å². The first kappa shape index (κ1) is 12.0. The number of ether oxygens (including phenoxy) is 1. The van der Waals surface area contributed by atoms with Crippen LogP contribution in [0.1, 0.15) is 19.3 Å². The molecular weight excluding hydrogens is 187 g/mol. The van der Waals surface area contributed by atoms with Crippen LogP contribution < -0.4 is 29.6 Å². The summed E-state index contributed by atoms with van der Waals surface area (Å²) in [6.07, 6.45) is 0. The molecule has 4 heteroatoms. The summed E-state index contributed by atoms with van der Waals surface area (Å²) in [5.74, 6) is 0. The fourth-order valence-corrected chi connectivity index (χ4v) is 1.75. The molecule has 1 rings (SSSR count). The third-order valence-corrected chi connectivity index (χ3v) is 2.30. The molecule has 0 N–H and O–H groups in total. The zero-order chi connectivity index (χ0) is 7.40. The van der Waals surface area contributed by atoms with Crippen molar-refractivity contribution in [1.82, 2.24) is 0 Å². The molecule has 0 aliphatic rings. The van der Waals surface area contributed by atoms with Gasteiger partial charge in [0.2, 0.25) is 0 Å². The van der Waals surface area contributed by atoms with E-state index in [2.05, 4.69) is 12.6 Å². The van der Waals surface area contributed by atoms with Crippen molar-refractivity contribution in [2.75, 3.05) is 6.61 Å². The fraction of sp³-hybridized carbons (Fsp3) is 0.429. The minimum absolute atomic E-state index is 0. The first-order chi connectivity index (χ1) is 4.84. The van der Waals surface area contributed by atoms with E-state index in [-0.39, 0.29) is 36.4 Å². The first-order valence-electron chi connectivity index (χ1n) is 3.16. The van der Waals surface area contributed by atoms with Crippen molar-refractivity contribution >= 4 is 24.0 Å². The molecule has 0 radical (unpaired) electrons. The molecule has 0 spiro atoms. The van der Waals surface area contributed by atoms with Gasteiger partial charge < -0.3 is 6.16 Å². The molecule has 0 aliphatic heterocycles. The molecule has 0 amide bonds. The Morgan fingerprint density at radius 1 is 1.82 bits per heavy atom. The smallest absolute Gasteiger partial charge is 1.00 e. The largest absolute Gasteiger partial charge is 1.00 e. The minimum Gasteiger partial charge on any atom is -1.00 e. The van der Waals surface area contributed by atoms with Crippen molar-refractivity contribution in [2.45, 2.75) is 12.4 Å². The van der Waals surface area contributed by atoms with Gasteiger partial charge in [-0.25, -0.2) is 0 Å². The molecule has 0 fully saturated rings. The molecule has 0 bridgehead atoms. The Bertz CT molecular complexity index is 182. The number of hydrogen-bond donors (Lipinski definition) is 1. The second-order valence-electron chi connectivity index (χ2n) is 1.86. The van der Waals surface area contributed by atoms with Crippen LogP contribution in [0.3, 0.4) is 0 Å². The first-order valence-corrected chi connectivity index (χ1v) is 4.62. The third-order valence-electron chi connectivity index (χ3n) is 1.15. The Balaban J connectivity index is 0. The summed E-state index contributed by atoms with van der Waals surface area (Å²) in [7, 11) is 0. The number of rotatable bonds is 3. The molecule has 11 heavy (non-hydrogen) atoms. The average molecular weight is 198 g/mol. The van der Waals surface area contributed by atoms with Crippen LogP contribution in [0.25, 0.3) is 0 Å². The predicted octanol–water partition coefficient (Wildman–Crippen LogP) is -0.170. The van der Waals surface area contributed by atoms with Gasteiger partial charge in [-0.3, -0.25) is 0 Å². The van der Waals surface area contributed by atoms with Gasteiger partial charge in [0.1, 0.15) is 5.44 Å². The van der Waals surface area contributed by atoms with E-state index in [9.17, 15) is 0 Å². The number of hydrogen-bond acceptors (Lipinski definition) is 3. The van der Waals surface area contributed by atoms with E-state index in [1.165, 1.54) is 0 Å². The molecule has 58 valence electrons. The van der Waals surface area contributed by atoms with Crippen molar-refractivity contribution < 1.29 is 35.7 Å². The van der Waals surface area contributed by atoms with Crippen molar-refractivity contribution in [3.05, 3.63) is 22.4 Å². The van der Waals surface area contributed by atoms with E-state index in [1.54, 1.807) is 11.3 Å². The van der Waals surface area contributed by atoms with Crippen molar-refractivity contribution in [1.29, 1.82) is 0 Å². The topological polar surface area (TPSA) is 9.23 Å². The van der Waals surface area contributed by atoms with E-state index in [0.717, 1.165) is 5.56 Å². The molecule has 1 atom stereocenters. The van der Waals surface area contributed by atoms with Crippen molar-refractivity contribution in [3.63, 3.8) is 0 Å². The van der Waals surface area contributed by atoms with Crippen LogP contribution in [0.5, 0.6) is 0 Å². The molecule has 0 saturated carbocycles. The summed E-state index contributed by atoms with van der Waals surface area (Å²) in [4.78, 5) is 0. The molecule has 0 saturated heterocycles. The average Bonchev–Trinajstić information content (AvgIpc) is 2.38. The maximum atomic E-state index is 5.26. The standard InChI is InChI=1S/C7H10OS2.Na.H/c1-2-8-7(9)6-3-4-10-5-6;;/h3-5,7,9H,2H2,1H3;;/q;+1;-1. The molecule has 1 aromatic heterocycles. The van der Waals surface area contributed by atoms with E-state index < -0.39 is 0 Å². The van der Waals surface area contributed by atoms with Crippen LogP contribution in [0.2, 0.25) is 0 Å². The van der Waals surface area contributed by atoms with Crippen LogP contribution in [0.4, 0.5) is 0 Å². The number of thiol groups is 1. The Morgan fingerprint density at radius 3 is 3.00 bits per heavy atom. The van der Waals surface area contributed by atoms with Crippen LogP contribution in [0.15, 0.2) is 16.8 Å². The maximum Gasteiger partial charge on any atom is 1.00 e. The summed E-state index contributed by atoms with van der Waals surface area (Å²) in [6.45, 7) is 2.68. The Labute approximate surface area is 100 Å². The van der Waals surface area contributed by atoms with Crippen LogP contribution in [-0.4, -0.2) is 6.61 Å². The summed E-state index contributed by atoms with van der Waals surface area (Å²) < 4.78 is 5.26. The van der Waals surface area contributed by atoms with Gasteiger partial charge in [0, 0.05) is 12.2 Å². The third kappa shape index (κ3) is 3.97. The molecule has 1 aromatic rings. The van der Waals surface area contributed by atoms with Crippen LogP contribution in [-0.2, 0) is 4.74 Å². The fourth-order valence-electron chi connectivity index (χ4n) is 0.670. The van der Waals surface area contributed by atoms with Gasteiger partial charge in [0.25, 0.3) is 0 Å². The normalized spacial score (nSPS) is 12.2. The molecule has 0 aromatic carbocycles. The molecular formula is C7H11NaOS2.